The maximum Gasteiger partial charge on any atom is 0.0418 e. The molecule has 1 heterocycles. The van der Waals surface area contributed by atoms with Crippen LogP contribution in [0.2, 0.25) is 0 Å². The summed E-state index contributed by atoms with van der Waals surface area (Å²) >= 11 is 3.63. The average molecular weight is 337 g/mol. The van der Waals surface area contributed by atoms with Crippen molar-refractivity contribution in [1.29, 1.82) is 0 Å². The minimum Gasteiger partial charge on any atom is -0.368 e. The van der Waals surface area contributed by atoms with Crippen molar-refractivity contribution in [2.45, 2.75) is 51.1 Å². The Morgan fingerprint density at radius 3 is 2.85 bits per heavy atom. The number of nitrogens with zero attached hydrogens (tertiary/aromatic N) is 1. The third-order valence-corrected chi connectivity index (χ3v) is 5.68. The molecule has 110 valence electrons. The first-order valence-electron chi connectivity index (χ1n) is 7.94. The van der Waals surface area contributed by atoms with Crippen molar-refractivity contribution >= 4 is 21.6 Å². The van der Waals surface area contributed by atoms with Gasteiger partial charge in [0.1, 0.15) is 0 Å². The van der Waals surface area contributed by atoms with Crippen molar-refractivity contribution in [2.24, 2.45) is 5.92 Å². The fourth-order valence-electron chi connectivity index (χ4n) is 4.04. The summed E-state index contributed by atoms with van der Waals surface area (Å²) in [6.45, 7) is 3.48. The van der Waals surface area contributed by atoms with E-state index in [0.29, 0.717) is 6.04 Å². The first-order chi connectivity index (χ1) is 9.70. The zero-order valence-corrected chi connectivity index (χ0v) is 14.1. The molecule has 3 atom stereocenters. The van der Waals surface area contributed by atoms with Crippen LogP contribution in [0.3, 0.4) is 0 Å². The van der Waals surface area contributed by atoms with E-state index in [-0.39, 0.29) is 0 Å². The van der Waals surface area contributed by atoms with E-state index >= 15 is 0 Å². The Labute approximate surface area is 131 Å². The molecule has 1 aliphatic heterocycles. The highest BCUT2D eigenvalue weighted by atomic mass is 79.9. The summed E-state index contributed by atoms with van der Waals surface area (Å²) < 4.78 is 1.18. The van der Waals surface area contributed by atoms with Crippen LogP contribution in [0.15, 0.2) is 22.7 Å². The summed E-state index contributed by atoms with van der Waals surface area (Å²) in [5, 5.41) is 3.40. The number of nitrogens with one attached hydrogen (secondary N) is 1. The molecule has 3 heteroatoms. The molecule has 0 radical (unpaired) electrons. The number of anilines is 1. The number of halogens is 1. The molecule has 0 spiro atoms. The molecule has 0 amide bonds. The minimum atomic E-state index is 0.393. The van der Waals surface area contributed by atoms with Crippen LogP contribution in [0.5, 0.6) is 0 Å². The maximum atomic E-state index is 3.63. The van der Waals surface area contributed by atoms with E-state index in [1.54, 1.807) is 0 Å². The van der Waals surface area contributed by atoms with Crippen LogP contribution >= 0.6 is 15.9 Å². The van der Waals surface area contributed by atoms with Crippen molar-refractivity contribution in [1.82, 2.24) is 5.32 Å². The maximum absolute atomic E-state index is 3.63. The molecule has 2 fully saturated rings. The first-order valence-corrected chi connectivity index (χ1v) is 8.73. The molecular formula is C17H25BrN2. The van der Waals surface area contributed by atoms with Crippen molar-refractivity contribution < 1.29 is 0 Å². The molecule has 1 N–H and O–H groups in total. The van der Waals surface area contributed by atoms with Gasteiger partial charge in [-0.25, -0.2) is 0 Å². The van der Waals surface area contributed by atoms with Crippen LogP contribution in [0, 0.1) is 5.92 Å². The standard InChI is InChI=1S/C17H25BrN2/c1-12(19-2)15-11-14(18)8-9-17(15)20-10-4-6-13-5-3-7-16(13)20/h8-9,11-13,16,19H,3-7,10H2,1-2H3. The Bertz CT molecular complexity index is 474. The Morgan fingerprint density at radius 1 is 1.25 bits per heavy atom. The number of hydrogen-bond acceptors (Lipinski definition) is 2. The van der Waals surface area contributed by atoms with Gasteiger partial charge >= 0.3 is 0 Å². The van der Waals surface area contributed by atoms with Crippen molar-refractivity contribution in [3.63, 3.8) is 0 Å². The van der Waals surface area contributed by atoms with Gasteiger partial charge in [-0.05, 0) is 69.3 Å². The fourth-order valence-corrected chi connectivity index (χ4v) is 4.42. The van der Waals surface area contributed by atoms with Gasteiger partial charge in [-0.1, -0.05) is 22.4 Å². The lowest BCUT2D eigenvalue weighted by Gasteiger charge is -2.41. The molecule has 2 nitrogen and oxygen atoms in total. The van der Waals surface area contributed by atoms with Gasteiger partial charge in [-0.3, -0.25) is 0 Å². The third kappa shape index (κ3) is 2.62. The van der Waals surface area contributed by atoms with Crippen LogP contribution in [0.1, 0.15) is 50.6 Å². The molecule has 2 aliphatic rings. The lowest BCUT2D eigenvalue weighted by atomic mass is 9.90. The Kier molecular flexibility index (Phi) is 4.37. The molecule has 0 bridgehead atoms. The van der Waals surface area contributed by atoms with Crippen molar-refractivity contribution in [3.8, 4) is 0 Å². The Hall–Kier alpha value is -0.540. The van der Waals surface area contributed by atoms with Gasteiger partial charge in [0.05, 0.1) is 0 Å². The summed E-state index contributed by atoms with van der Waals surface area (Å²) in [6, 6.07) is 7.97. The lowest BCUT2D eigenvalue weighted by Crippen LogP contribution is -2.43. The first kappa shape index (κ1) is 14.4. The number of fused-ring (bicyclic) bond motifs is 1. The summed E-state index contributed by atoms with van der Waals surface area (Å²) in [5.41, 5.74) is 2.88. The van der Waals surface area contributed by atoms with Gasteiger partial charge in [0, 0.05) is 28.8 Å². The van der Waals surface area contributed by atoms with Gasteiger partial charge in [0.25, 0.3) is 0 Å². The molecule has 3 unspecified atom stereocenters. The number of hydrogen-bond donors (Lipinski definition) is 1. The van der Waals surface area contributed by atoms with E-state index in [1.165, 1.54) is 54.4 Å². The Morgan fingerprint density at radius 2 is 2.05 bits per heavy atom. The monoisotopic (exact) mass is 336 g/mol. The predicted molar refractivity (Wildman–Crippen MR) is 89.3 cm³/mol. The number of rotatable bonds is 3. The smallest absolute Gasteiger partial charge is 0.0418 e. The molecule has 3 rings (SSSR count). The summed E-state index contributed by atoms with van der Waals surface area (Å²) in [6.07, 6.45) is 7.03. The van der Waals surface area contributed by atoms with E-state index in [0.717, 1.165) is 12.0 Å². The highest BCUT2D eigenvalue weighted by Gasteiger charge is 2.35. The molecule has 1 aliphatic carbocycles. The van der Waals surface area contributed by atoms with Crippen molar-refractivity contribution in [2.75, 3.05) is 18.5 Å². The fraction of sp³-hybridized carbons (Fsp3) is 0.647. The molecule has 20 heavy (non-hydrogen) atoms. The van der Waals surface area contributed by atoms with E-state index in [1.807, 2.05) is 7.05 Å². The van der Waals surface area contributed by atoms with E-state index < -0.39 is 0 Å². The molecule has 0 aromatic heterocycles. The second kappa shape index (κ2) is 6.07. The third-order valence-electron chi connectivity index (χ3n) is 5.19. The summed E-state index contributed by atoms with van der Waals surface area (Å²) in [5.74, 6) is 0.935. The zero-order chi connectivity index (χ0) is 14.1. The summed E-state index contributed by atoms with van der Waals surface area (Å²) in [7, 11) is 2.05. The van der Waals surface area contributed by atoms with Gasteiger partial charge in [0.15, 0.2) is 0 Å². The highest BCUT2D eigenvalue weighted by molar-refractivity contribution is 9.10. The molecule has 1 saturated carbocycles. The van der Waals surface area contributed by atoms with Crippen LogP contribution in [-0.4, -0.2) is 19.6 Å². The quantitative estimate of drug-likeness (QED) is 0.874. The number of benzene rings is 1. The van der Waals surface area contributed by atoms with Gasteiger partial charge in [-0.2, -0.15) is 0 Å². The van der Waals surface area contributed by atoms with E-state index in [2.05, 4.69) is 51.3 Å². The lowest BCUT2D eigenvalue weighted by molar-refractivity contribution is 0.361. The van der Waals surface area contributed by atoms with Gasteiger partial charge in [0.2, 0.25) is 0 Å². The van der Waals surface area contributed by atoms with Crippen LogP contribution in [0.25, 0.3) is 0 Å². The molecule has 1 aromatic carbocycles. The van der Waals surface area contributed by atoms with Crippen molar-refractivity contribution in [3.05, 3.63) is 28.2 Å². The second-order valence-electron chi connectivity index (χ2n) is 6.31. The SMILES string of the molecule is CNC(C)c1cc(Br)ccc1N1CCCC2CCCC21. The Balaban J connectivity index is 1.96. The van der Waals surface area contributed by atoms with Gasteiger partial charge < -0.3 is 10.2 Å². The zero-order valence-electron chi connectivity index (χ0n) is 12.5. The number of piperidine rings is 1. The van der Waals surface area contributed by atoms with E-state index in [4.69, 9.17) is 0 Å². The average Bonchev–Trinajstić information content (AvgIpc) is 2.95. The highest BCUT2D eigenvalue weighted by Crippen LogP contribution is 2.41. The molecule has 1 aromatic rings. The molecular weight excluding hydrogens is 312 g/mol. The normalized spacial score (nSPS) is 27.4. The van der Waals surface area contributed by atoms with E-state index in [9.17, 15) is 0 Å². The van der Waals surface area contributed by atoms with Crippen LogP contribution < -0.4 is 10.2 Å². The van der Waals surface area contributed by atoms with Crippen LogP contribution in [0.4, 0.5) is 5.69 Å². The second-order valence-corrected chi connectivity index (χ2v) is 7.22. The topological polar surface area (TPSA) is 15.3 Å². The van der Waals surface area contributed by atoms with Crippen LogP contribution in [-0.2, 0) is 0 Å². The predicted octanol–water partition coefficient (Wildman–Crippen LogP) is 4.50. The summed E-state index contributed by atoms with van der Waals surface area (Å²) in [4.78, 5) is 2.71. The largest absolute Gasteiger partial charge is 0.368 e. The minimum absolute atomic E-state index is 0.393. The van der Waals surface area contributed by atoms with Gasteiger partial charge in [-0.15, -0.1) is 0 Å². The molecule has 1 saturated heterocycles.